The molecule has 0 radical (unpaired) electrons. The lowest BCUT2D eigenvalue weighted by Gasteiger charge is -2.27. The van der Waals surface area contributed by atoms with E-state index in [9.17, 15) is 0 Å². The maximum absolute atomic E-state index is 5.73. The van der Waals surface area contributed by atoms with Crippen LogP contribution in [0.15, 0.2) is 60.8 Å². The van der Waals surface area contributed by atoms with E-state index in [1.165, 1.54) is 0 Å². The molecule has 1 saturated heterocycles. The fraction of sp³-hybridized carbons (Fsp3) is 0.238. The van der Waals surface area contributed by atoms with Gasteiger partial charge in [-0.15, -0.1) is 0 Å². The number of nitrogens with zero attached hydrogens (tertiary/aromatic N) is 3. The third-order valence-corrected chi connectivity index (χ3v) is 5.23. The molecular weight excluding hydrogens is 354 g/mol. The number of nitrogens with one attached hydrogen (secondary N) is 2. The predicted molar refractivity (Wildman–Crippen MR) is 114 cm³/mol. The van der Waals surface area contributed by atoms with Crippen LogP contribution in [0.4, 0.5) is 11.4 Å². The number of benzene rings is 1. The Balaban J connectivity index is 1.78. The molecule has 0 bridgehead atoms. The Morgan fingerprint density at radius 3 is 2.41 bits per heavy atom. The first-order chi connectivity index (χ1) is 13.0. The normalized spacial score (nSPS) is 19.2. The predicted octanol–water partition coefficient (Wildman–Crippen LogP) is 3.96. The molecule has 1 aromatic carbocycles. The summed E-state index contributed by atoms with van der Waals surface area (Å²) in [6, 6.07) is 18.7. The molecule has 5 nitrogen and oxygen atoms in total. The Hall–Kier alpha value is -2.86. The van der Waals surface area contributed by atoms with Crippen LogP contribution in [-0.4, -0.2) is 29.2 Å². The highest BCUT2D eigenvalue weighted by Crippen LogP contribution is 2.41. The lowest BCUT2D eigenvalue weighted by Crippen LogP contribution is -2.29. The lowest BCUT2D eigenvalue weighted by atomic mass is 10.0. The number of aromatic nitrogens is 2. The minimum Gasteiger partial charge on any atom is -0.378 e. The van der Waals surface area contributed by atoms with E-state index >= 15 is 0 Å². The molecule has 0 spiro atoms. The monoisotopic (exact) mass is 377 g/mol. The van der Waals surface area contributed by atoms with Gasteiger partial charge in [0.25, 0.3) is 0 Å². The van der Waals surface area contributed by atoms with E-state index in [1.54, 1.807) is 0 Å². The molecule has 3 heterocycles. The van der Waals surface area contributed by atoms with Crippen LogP contribution in [0.2, 0.25) is 0 Å². The number of hydrogen-bond donors (Lipinski definition) is 2. The Morgan fingerprint density at radius 1 is 1.04 bits per heavy atom. The first-order valence-electron chi connectivity index (χ1n) is 8.98. The fourth-order valence-corrected chi connectivity index (χ4v) is 3.90. The van der Waals surface area contributed by atoms with E-state index < -0.39 is 0 Å². The van der Waals surface area contributed by atoms with Crippen molar-refractivity contribution in [2.75, 3.05) is 23.9 Å². The van der Waals surface area contributed by atoms with Crippen LogP contribution in [0.5, 0.6) is 0 Å². The third kappa shape index (κ3) is 3.28. The summed E-state index contributed by atoms with van der Waals surface area (Å²) in [5.41, 5.74) is 5.45. The van der Waals surface area contributed by atoms with Crippen LogP contribution in [-0.2, 0) is 0 Å². The highest BCUT2D eigenvalue weighted by molar-refractivity contribution is 7.80. The maximum Gasteiger partial charge on any atom is 0.174 e. The van der Waals surface area contributed by atoms with Gasteiger partial charge in [0.1, 0.15) is 6.04 Å². The molecule has 0 unspecified atom stereocenters. The zero-order valence-electron chi connectivity index (χ0n) is 15.7. The maximum atomic E-state index is 5.73. The minimum absolute atomic E-state index is 0.00584. The van der Waals surface area contributed by atoms with E-state index in [0.717, 1.165) is 28.5 Å². The second-order valence-corrected chi connectivity index (χ2v) is 7.39. The summed E-state index contributed by atoms with van der Waals surface area (Å²) in [5.74, 6) is 0. The topological polar surface area (TPSA) is 47.2 Å². The largest absolute Gasteiger partial charge is 0.378 e. The molecule has 27 heavy (non-hydrogen) atoms. The summed E-state index contributed by atoms with van der Waals surface area (Å²) in [6.07, 6.45) is 1.83. The molecule has 138 valence electrons. The number of aryl methyl sites for hydroxylation is 1. The Bertz CT molecular complexity index is 933. The van der Waals surface area contributed by atoms with Crippen LogP contribution >= 0.6 is 12.2 Å². The van der Waals surface area contributed by atoms with Crippen LogP contribution in [0.1, 0.15) is 29.2 Å². The van der Waals surface area contributed by atoms with E-state index in [0.29, 0.717) is 5.11 Å². The summed E-state index contributed by atoms with van der Waals surface area (Å²) < 4.78 is 0. The SMILES string of the molecule is Cc1ccc([C@@H]2[C@@H](c3ccccn3)NC(=S)N2c2ccc(N(C)C)cc2)[nH]1. The summed E-state index contributed by atoms with van der Waals surface area (Å²) in [5, 5.41) is 4.19. The Labute approximate surface area is 165 Å². The molecule has 0 amide bonds. The summed E-state index contributed by atoms with van der Waals surface area (Å²) in [4.78, 5) is 12.3. The second kappa shape index (κ2) is 7.04. The molecule has 4 rings (SSSR count). The van der Waals surface area contributed by atoms with Gasteiger partial charge in [-0.3, -0.25) is 4.98 Å². The van der Waals surface area contributed by atoms with E-state index in [1.807, 2.05) is 38.5 Å². The van der Waals surface area contributed by atoms with Crippen LogP contribution in [0.25, 0.3) is 0 Å². The van der Waals surface area contributed by atoms with Gasteiger partial charge in [-0.25, -0.2) is 0 Å². The molecule has 0 aliphatic carbocycles. The zero-order valence-corrected chi connectivity index (χ0v) is 16.5. The van der Waals surface area contributed by atoms with Crippen molar-refractivity contribution >= 4 is 28.7 Å². The lowest BCUT2D eigenvalue weighted by molar-refractivity contribution is 0.558. The van der Waals surface area contributed by atoms with Crippen LogP contribution in [0.3, 0.4) is 0 Å². The number of rotatable bonds is 4. The number of pyridine rings is 1. The number of H-pyrrole nitrogens is 1. The first kappa shape index (κ1) is 17.5. The molecule has 1 aliphatic rings. The third-order valence-electron chi connectivity index (χ3n) is 4.92. The van der Waals surface area contributed by atoms with Crippen molar-refractivity contribution in [3.05, 3.63) is 77.9 Å². The molecule has 2 atom stereocenters. The fourth-order valence-electron chi connectivity index (χ4n) is 3.56. The van der Waals surface area contributed by atoms with Gasteiger partial charge in [-0.1, -0.05) is 6.07 Å². The Kier molecular flexibility index (Phi) is 4.58. The van der Waals surface area contributed by atoms with Crippen molar-refractivity contribution in [1.29, 1.82) is 0 Å². The van der Waals surface area contributed by atoms with Gasteiger partial charge in [-0.05, 0) is 67.7 Å². The van der Waals surface area contributed by atoms with Crippen molar-refractivity contribution in [2.24, 2.45) is 0 Å². The molecule has 6 heteroatoms. The van der Waals surface area contributed by atoms with Gasteiger partial charge in [0.05, 0.1) is 11.7 Å². The molecule has 1 aliphatic heterocycles. The van der Waals surface area contributed by atoms with Gasteiger partial charge in [-0.2, -0.15) is 0 Å². The first-order valence-corrected chi connectivity index (χ1v) is 9.39. The minimum atomic E-state index is -0.0229. The highest BCUT2D eigenvalue weighted by atomic mass is 32.1. The van der Waals surface area contributed by atoms with Crippen molar-refractivity contribution in [2.45, 2.75) is 19.0 Å². The number of hydrogen-bond acceptors (Lipinski definition) is 3. The molecule has 0 saturated carbocycles. The standard InChI is InChI=1S/C21H23N5S/c1-14-7-12-18(23-14)20-19(17-6-4-5-13-22-17)24-21(27)26(20)16-10-8-15(9-11-16)25(2)3/h4-13,19-20,23H,1-3H3,(H,24,27)/t19-,20-/m1/s1. The summed E-state index contributed by atoms with van der Waals surface area (Å²) in [6.45, 7) is 2.07. The summed E-state index contributed by atoms with van der Waals surface area (Å²) >= 11 is 5.73. The van der Waals surface area contributed by atoms with Gasteiger partial charge >= 0.3 is 0 Å². The smallest absolute Gasteiger partial charge is 0.174 e. The molecule has 1 fully saturated rings. The number of thiocarbonyl (C=S) groups is 1. The molecule has 3 aromatic rings. The van der Waals surface area contributed by atoms with Gasteiger partial charge in [0.2, 0.25) is 0 Å². The molecule has 2 aromatic heterocycles. The average Bonchev–Trinajstić information content (AvgIpc) is 3.25. The van der Waals surface area contributed by atoms with Gasteiger partial charge in [0, 0.05) is 43.1 Å². The van der Waals surface area contributed by atoms with Crippen LogP contribution in [0, 0.1) is 6.92 Å². The second-order valence-electron chi connectivity index (χ2n) is 7.00. The van der Waals surface area contributed by atoms with Crippen molar-refractivity contribution in [1.82, 2.24) is 15.3 Å². The van der Waals surface area contributed by atoms with E-state index in [-0.39, 0.29) is 12.1 Å². The van der Waals surface area contributed by atoms with Crippen molar-refractivity contribution in [3.63, 3.8) is 0 Å². The quantitative estimate of drug-likeness (QED) is 0.674. The van der Waals surface area contributed by atoms with E-state index in [2.05, 4.69) is 68.4 Å². The van der Waals surface area contributed by atoms with E-state index in [4.69, 9.17) is 12.2 Å². The highest BCUT2D eigenvalue weighted by Gasteiger charge is 2.41. The molecular formula is C21H23N5S. The molecule has 2 N–H and O–H groups in total. The zero-order chi connectivity index (χ0) is 19.0. The number of aromatic amines is 1. The Morgan fingerprint density at radius 2 is 1.81 bits per heavy atom. The van der Waals surface area contributed by atoms with Crippen LogP contribution < -0.4 is 15.1 Å². The average molecular weight is 378 g/mol. The van der Waals surface area contributed by atoms with Crippen molar-refractivity contribution in [3.8, 4) is 0 Å². The summed E-state index contributed by atoms with van der Waals surface area (Å²) in [7, 11) is 4.08. The van der Waals surface area contributed by atoms with Gasteiger partial charge in [0.15, 0.2) is 5.11 Å². The van der Waals surface area contributed by atoms with Crippen molar-refractivity contribution < 1.29 is 0 Å². The van der Waals surface area contributed by atoms with Gasteiger partial charge < -0.3 is 20.1 Å². The number of anilines is 2.